The number of benzene rings is 1. The van der Waals surface area contributed by atoms with Gasteiger partial charge >= 0.3 is 5.97 Å². The van der Waals surface area contributed by atoms with Gasteiger partial charge in [0.1, 0.15) is 4.90 Å². The molecule has 0 unspecified atom stereocenters. The predicted molar refractivity (Wildman–Crippen MR) is 65.3 cm³/mol. The van der Waals surface area contributed by atoms with Gasteiger partial charge in [-0.2, -0.15) is 4.31 Å². The van der Waals surface area contributed by atoms with E-state index in [4.69, 9.17) is 21.8 Å². The maximum absolute atomic E-state index is 13.9. The van der Waals surface area contributed by atoms with Crippen LogP contribution >= 0.6 is 11.6 Å². The molecule has 0 amide bonds. The zero-order chi connectivity index (χ0) is 14.8. The van der Waals surface area contributed by atoms with Crippen LogP contribution in [0.15, 0.2) is 17.0 Å². The molecular formula is C10H11ClFNO5S. The molecule has 1 aromatic rings. The zero-order valence-electron chi connectivity index (χ0n) is 9.80. The lowest BCUT2D eigenvalue weighted by atomic mass is 10.2. The maximum atomic E-state index is 13.9. The van der Waals surface area contributed by atoms with Crippen molar-refractivity contribution in [2.24, 2.45) is 0 Å². The lowest BCUT2D eigenvalue weighted by Crippen LogP contribution is -2.30. The van der Waals surface area contributed by atoms with Gasteiger partial charge in [-0.3, -0.25) is 0 Å². The molecule has 0 bridgehead atoms. The summed E-state index contributed by atoms with van der Waals surface area (Å²) in [5.41, 5.74) is -0.830. The van der Waals surface area contributed by atoms with Gasteiger partial charge in [-0.1, -0.05) is 11.6 Å². The molecule has 0 saturated heterocycles. The average Bonchev–Trinajstić information content (AvgIpc) is 2.31. The lowest BCUT2D eigenvalue weighted by Gasteiger charge is -2.17. The van der Waals surface area contributed by atoms with E-state index in [1.54, 1.807) is 0 Å². The van der Waals surface area contributed by atoms with Crippen LogP contribution in [0.3, 0.4) is 0 Å². The minimum Gasteiger partial charge on any atom is -0.478 e. The summed E-state index contributed by atoms with van der Waals surface area (Å²) in [4.78, 5) is 9.96. The normalized spacial score (nSPS) is 11.8. The highest BCUT2D eigenvalue weighted by molar-refractivity contribution is 7.89. The fourth-order valence-electron chi connectivity index (χ4n) is 1.34. The van der Waals surface area contributed by atoms with Gasteiger partial charge in [0.05, 0.1) is 12.2 Å². The van der Waals surface area contributed by atoms with E-state index >= 15 is 0 Å². The number of carboxylic acids is 1. The molecule has 0 aliphatic rings. The van der Waals surface area contributed by atoms with E-state index in [-0.39, 0.29) is 11.6 Å². The van der Waals surface area contributed by atoms with Crippen molar-refractivity contribution in [1.29, 1.82) is 0 Å². The first-order chi connectivity index (χ1) is 8.71. The average molecular weight is 312 g/mol. The molecule has 0 aliphatic heterocycles. The van der Waals surface area contributed by atoms with Crippen molar-refractivity contribution < 1.29 is 27.8 Å². The van der Waals surface area contributed by atoms with Crippen LogP contribution in [0.2, 0.25) is 5.02 Å². The van der Waals surface area contributed by atoms with Crippen LogP contribution in [0, 0.1) is 5.82 Å². The molecule has 0 heterocycles. The molecule has 1 aromatic carbocycles. The molecule has 0 aliphatic carbocycles. The highest BCUT2D eigenvalue weighted by Gasteiger charge is 2.28. The molecule has 0 atom stereocenters. The van der Waals surface area contributed by atoms with E-state index in [0.717, 1.165) is 19.2 Å². The lowest BCUT2D eigenvalue weighted by molar-refractivity contribution is 0.0691. The molecule has 2 N–H and O–H groups in total. The van der Waals surface area contributed by atoms with Gasteiger partial charge in [0, 0.05) is 18.6 Å². The summed E-state index contributed by atoms with van der Waals surface area (Å²) in [6, 6.07) is 1.65. The first-order valence-electron chi connectivity index (χ1n) is 5.01. The number of hydrogen-bond acceptors (Lipinski definition) is 4. The van der Waals surface area contributed by atoms with Crippen molar-refractivity contribution in [2.45, 2.75) is 4.90 Å². The number of nitrogens with zero attached hydrogens (tertiary/aromatic N) is 1. The summed E-state index contributed by atoms with van der Waals surface area (Å²) >= 11 is 5.59. The number of carboxylic acid groups (broad SMARTS) is 1. The van der Waals surface area contributed by atoms with E-state index in [1.807, 2.05) is 0 Å². The van der Waals surface area contributed by atoms with Crippen LogP contribution in [0.1, 0.15) is 10.4 Å². The van der Waals surface area contributed by atoms with Crippen molar-refractivity contribution in [3.8, 4) is 0 Å². The number of aliphatic hydroxyl groups excluding tert-OH is 1. The Labute approximate surface area is 114 Å². The number of aromatic carboxylic acids is 1. The predicted octanol–water partition coefficient (Wildman–Crippen LogP) is 0.790. The van der Waals surface area contributed by atoms with Crippen LogP contribution in [-0.4, -0.2) is 49.1 Å². The zero-order valence-corrected chi connectivity index (χ0v) is 11.4. The monoisotopic (exact) mass is 311 g/mol. The third kappa shape index (κ3) is 3.21. The Bertz CT molecular complexity index is 604. The van der Waals surface area contributed by atoms with Crippen LogP contribution in [0.5, 0.6) is 0 Å². The summed E-state index contributed by atoms with van der Waals surface area (Å²) in [6.45, 7) is -0.708. The van der Waals surface area contributed by atoms with E-state index in [0.29, 0.717) is 4.31 Å². The van der Waals surface area contributed by atoms with Gasteiger partial charge < -0.3 is 10.2 Å². The maximum Gasteiger partial charge on any atom is 0.338 e. The Morgan fingerprint density at radius 2 is 2.05 bits per heavy atom. The van der Waals surface area contributed by atoms with Crippen molar-refractivity contribution in [3.05, 3.63) is 28.5 Å². The number of halogens is 2. The van der Waals surface area contributed by atoms with Crippen molar-refractivity contribution >= 4 is 27.6 Å². The van der Waals surface area contributed by atoms with Gasteiger partial charge in [0.25, 0.3) is 0 Å². The van der Waals surface area contributed by atoms with E-state index in [9.17, 15) is 17.6 Å². The highest BCUT2D eigenvalue weighted by Crippen LogP contribution is 2.25. The Hall–Kier alpha value is -1.22. The summed E-state index contributed by atoms with van der Waals surface area (Å²) in [5, 5.41) is 17.3. The van der Waals surface area contributed by atoms with Gasteiger partial charge in [-0.25, -0.2) is 17.6 Å². The number of carbonyl (C=O) groups is 1. The summed E-state index contributed by atoms with van der Waals surface area (Å²) < 4.78 is 38.6. The Kier molecular flexibility index (Phi) is 4.86. The molecule has 0 radical (unpaired) electrons. The molecule has 0 saturated carbocycles. The second-order valence-electron chi connectivity index (χ2n) is 3.62. The molecular weight excluding hydrogens is 301 g/mol. The van der Waals surface area contributed by atoms with E-state index < -0.39 is 38.9 Å². The van der Waals surface area contributed by atoms with Crippen molar-refractivity contribution in [1.82, 2.24) is 4.31 Å². The summed E-state index contributed by atoms with van der Waals surface area (Å²) in [7, 11) is -3.13. The second-order valence-corrected chi connectivity index (χ2v) is 6.07. The first-order valence-corrected chi connectivity index (χ1v) is 6.83. The van der Waals surface area contributed by atoms with E-state index in [2.05, 4.69) is 0 Å². The minimum absolute atomic E-state index is 0.213. The minimum atomic E-state index is -4.26. The Balaban J connectivity index is 3.47. The quantitative estimate of drug-likeness (QED) is 0.838. The molecule has 0 fully saturated rings. The Morgan fingerprint density at radius 3 is 2.53 bits per heavy atom. The van der Waals surface area contributed by atoms with Gasteiger partial charge in [-0.15, -0.1) is 0 Å². The first kappa shape index (κ1) is 15.8. The second kappa shape index (κ2) is 5.83. The topological polar surface area (TPSA) is 94.9 Å². The van der Waals surface area contributed by atoms with E-state index in [1.165, 1.54) is 0 Å². The molecule has 6 nitrogen and oxygen atoms in total. The third-order valence-electron chi connectivity index (χ3n) is 2.34. The summed E-state index contributed by atoms with van der Waals surface area (Å²) in [5.74, 6) is -3.01. The highest BCUT2D eigenvalue weighted by atomic mass is 35.5. The third-order valence-corrected chi connectivity index (χ3v) is 4.41. The number of hydrogen-bond donors (Lipinski definition) is 2. The molecule has 1 rings (SSSR count). The molecule has 0 aromatic heterocycles. The van der Waals surface area contributed by atoms with Crippen LogP contribution in [0.4, 0.5) is 4.39 Å². The van der Waals surface area contributed by atoms with Crippen LogP contribution in [0.25, 0.3) is 0 Å². The SMILES string of the molecule is CN(CCO)S(=O)(=O)c1cc(Cl)cc(C(=O)O)c1F. The molecule has 19 heavy (non-hydrogen) atoms. The smallest absolute Gasteiger partial charge is 0.338 e. The van der Waals surface area contributed by atoms with Crippen molar-refractivity contribution in [3.63, 3.8) is 0 Å². The molecule has 9 heteroatoms. The Morgan fingerprint density at radius 1 is 1.47 bits per heavy atom. The fourth-order valence-corrected chi connectivity index (χ4v) is 2.89. The van der Waals surface area contributed by atoms with Gasteiger partial charge in [-0.05, 0) is 12.1 Å². The fraction of sp³-hybridized carbons (Fsp3) is 0.300. The molecule has 106 valence electrons. The number of likely N-dealkylation sites (N-methyl/N-ethyl adjacent to an activating group) is 1. The van der Waals surface area contributed by atoms with Crippen molar-refractivity contribution in [2.75, 3.05) is 20.2 Å². The van der Waals surface area contributed by atoms with Gasteiger partial charge in [0.2, 0.25) is 10.0 Å². The van der Waals surface area contributed by atoms with Crippen LogP contribution in [-0.2, 0) is 10.0 Å². The van der Waals surface area contributed by atoms with Gasteiger partial charge in [0.15, 0.2) is 5.82 Å². The number of rotatable bonds is 5. The molecule has 0 spiro atoms. The summed E-state index contributed by atoms with van der Waals surface area (Å²) in [6.07, 6.45) is 0. The largest absolute Gasteiger partial charge is 0.478 e. The standard InChI is InChI=1S/C10H11ClFNO5S/c1-13(2-3-14)19(17,18)8-5-6(11)4-7(9(8)12)10(15)16/h4-5,14H,2-3H2,1H3,(H,15,16). The number of aliphatic hydroxyl groups is 1. The van der Waals surface area contributed by atoms with Crippen LogP contribution < -0.4 is 0 Å². The number of sulfonamides is 1.